The number of piperidine rings is 1. The maximum Gasteiger partial charge on any atom is 0.416 e. The summed E-state index contributed by atoms with van der Waals surface area (Å²) in [6, 6.07) is 10.9. The van der Waals surface area contributed by atoms with Gasteiger partial charge in [0.2, 0.25) is 0 Å². The van der Waals surface area contributed by atoms with E-state index in [1.165, 1.54) is 0 Å². The Morgan fingerprint density at radius 2 is 1.51 bits per heavy atom. The molecule has 0 bridgehead atoms. The van der Waals surface area contributed by atoms with E-state index in [1.54, 1.807) is 0 Å². The highest BCUT2D eigenvalue weighted by Crippen LogP contribution is 2.38. The van der Waals surface area contributed by atoms with Crippen molar-refractivity contribution >= 4 is 5.97 Å². The van der Waals surface area contributed by atoms with Gasteiger partial charge >= 0.3 is 12.4 Å². The van der Waals surface area contributed by atoms with Crippen LogP contribution in [0.2, 0.25) is 0 Å². The average molecular weight is 502 g/mol. The van der Waals surface area contributed by atoms with Crippen LogP contribution in [0.4, 0.5) is 26.3 Å². The molecular formula is C25H26F6NO3-. The molecule has 0 amide bonds. The van der Waals surface area contributed by atoms with Gasteiger partial charge in [0.15, 0.2) is 0 Å². The lowest BCUT2D eigenvalue weighted by Crippen LogP contribution is -2.45. The molecule has 0 aromatic heterocycles. The molecule has 2 aromatic rings. The summed E-state index contributed by atoms with van der Waals surface area (Å²) in [5.41, 5.74) is -2.41. The highest BCUT2D eigenvalue weighted by atomic mass is 19.4. The molecule has 10 heteroatoms. The fourth-order valence-electron chi connectivity index (χ4n) is 4.43. The van der Waals surface area contributed by atoms with Gasteiger partial charge in [-0.1, -0.05) is 30.3 Å². The van der Waals surface area contributed by atoms with E-state index in [-0.39, 0.29) is 24.7 Å². The minimum Gasteiger partial charge on any atom is -0.550 e. The van der Waals surface area contributed by atoms with Crippen LogP contribution in [0, 0.1) is 0 Å². The molecule has 192 valence electrons. The number of ether oxygens (including phenoxy) is 1. The molecule has 35 heavy (non-hydrogen) atoms. The van der Waals surface area contributed by atoms with Gasteiger partial charge in [-0.25, -0.2) is 0 Å². The number of hydrogen-bond acceptors (Lipinski definition) is 4. The Labute approximate surface area is 199 Å². The molecule has 1 saturated heterocycles. The molecule has 4 nitrogen and oxygen atoms in total. The zero-order valence-electron chi connectivity index (χ0n) is 18.9. The number of halogens is 6. The largest absolute Gasteiger partial charge is 0.550 e. The van der Waals surface area contributed by atoms with E-state index in [9.17, 15) is 36.2 Å². The van der Waals surface area contributed by atoms with Crippen LogP contribution in [0.3, 0.4) is 0 Å². The van der Waals surface area contributed by atoms with Crippen LogP contribution in [-0.4, -0.2) is 37.1 Å². The van der Waals surface area contributed by atoms with Gasteiger partial charge in [-0.05, 0) is 74.6 Å². The zero-order chi connectivity index (χ0) is 25.7. The lowest BCUT2D eigenvalue weighted by Gasteiger charge is -2.42. The molecule has 1 fully saturated rings. The Morgan fingerprint density at radius 1 is 0.943 bits per heavy atom. The number of hydrogen-bond donors (Lipinski definition) is 0. The lowest BCUT2D eigenvalue weighted by molar-refractivity contribution is -0.305. The summed E-state index contributed by atoms with van der Waals surface area (Å²) in [7, 11) is 0. The van der Waals surface area contributed by atoms with E-state index >= 15 is 0 Å². The molecule has 0 saturated carbocycles. The van der Waals surface area contributed by atoms with E-state index in [0.717, 1.165) is 5.56 Å². The van der Waals surface area contributed by atoms with E-state index in [4.69, 9.17) is 4.74 Å². The summed E-state index contributed by atoms with van der Waals surface area (Å²) in [5.74, 6) is -1.10. The lowest BCUT2D eigenvalue weighted by atomic mass is 9.73. The van der Waals surface area contributed by atoms with Gasteiger partial charge < -0.3 is 19.5 Å². The molecule has 2 aromatic carbocycles. The molecule has 1 aliphatic rings. The van der Waals surface area contributed by atoms with Gasteiger partial charge in [-0.15, -0.1) is 0 Å². The molecule has 3 rings (SSSR count). The SMILES string of the molecule is O=C([O-])CCCN1CCC(COCc2cc(C(F)(F)F)cc(C(F)(F)F)c2)(c2ccccc2)CC1. The molecule has 0 spiro atoms. The second kappa shape index (κ2) is 11.0. The van der Waals surface area contributed by atoms with E-state index in [1.807, 2.05) is 30.3 Å². The van der Waals surface area contributed by atoms with Crippen molar-refractivity contribution in [1.29, 1.82) is 0 Å². The van der Waals surface area contributed by atoms with Crippen molar-refractivity contribution in [3.63, 3.8) is 0 Å². The Bertz CT molecular complexity index is 951. The third-order valence-electron chi connectivity index (χ3n) is 6.35. The number of carbonyl (C=O) groups is 1. The first-order chi connectivity index (χ1) is 16.4. The number of alkyl halides is 6. The van der Waals surface area contributed by atoms with Crippen LogP contribution in [0.1, 0.15) is 47.9 Å². The second-order valence-electron chi connectivity index (χ2n) is 8.87. The first-order valence-electron chi connectivity index (χ1n) is 11.2. The van der Waals surface area contributed by atoms with Crippen LogP contribution in [0.25, 0.3) is 0 Å². The summed E-state index contributed by atoms with van der Waals surface area (Å²) in [5, 5.41) is 10.6. The summed E-state index contributed by atoms with van der Waals surface area (Å²) >= 11 is 0. The summed E-state index contributed by atoms with van der Waals surface area (Å²) in [6.45, 7) is 1.66. The normalized spacial score (nSPS) is 16.9. The number of aliphatic carboxylic acids is 1. The van der Waals surface area contributed by atoms with Crippen LogP contribution < -0.4 is 5.11 Å². The van der Waals surface area contributed by atoms with Crippen molar-refractivity contribution in [3.8, 4) is 0 Å². The van der Waals surface area contributed by atoms with Gasteiger partial charge in [0, 0.05) is 11.4 Å². The third kappa shape index (κ3) is 7.44. The number of benzene rings is 2. The number of carboxylic acids is 1. The standard InChI is InChI=1S/C25H27F6NO3/c26-24(27,28)20-13-18(14-21(15-20)25(29,30)31)16-35-17-23(19-5-2-1-3-6-19)8-11-32(12-9-23)10-4-7-22(33)34/h1-3,5-6,13-15H,4,7-12,16-17H2,(H,33,34)/p-1. The molecule has 0 N–H and O–H groups in total. The van der Waals surface area contributed by atoms with Gasteiger partial charge in [0.05, 0.1) is 24.3 Å². The number of likely N-dealkylation sites (tertiary alicyclic amines) is 1. The molecule has 0 radical (unpaired) electrons. The smallest absolute Gasteiger partial charge is 0.416 e. The molecular weight excluding hydrogens is 476 g/mol. The fraction of sp³-hybridized carbons (Fsp3) is 0.480. The van der Waals surface area contributed by atoms with E-state index in [2.05, 4.69) is 4.90 Å². The number of carbonyl (C=O) groups excluding carboxylic acids is 1. The highest BCUT2D eigenvalue weighted by Gasteiger charge is 2.38. The topological polar surface area (TPSA) is 52.6 Å². The monoisotopic (exact) mass is 502 g/mol. The highest BCUT2D eigenvalue weighted by molar-refractivity contribution is 5.64. The number of rotatable bonds is 9. The van der Waals surface area contributed by atoms with Crippen molar-refractivity contribution in [2.24, 2.45) is 0 Å². The maximum atomic E-state index is 13.2. The average Bonchev–Trinajstić information content (AvgIpc) is 2.79. The maximum absolute atomic E-state index is 13.2. The van der Waals surface area contributed by atoms with E-state index in [0.29, 0.717) is 51.0 Å². The van der Waals surface area contributed by atoms with Gasteiger partial charge in [0.25, 0.3) is 0 Å². The first-order valence-corrected chi connectivity index (χ1v) is 11.2. The molecule has 0 atom stereocenters. The minimum atomic E-state index is -4.91. The Kier molecular flexibility index (Phi) is 8.48. The number of carboxylic acid groups (broad SMARTS) is 1. The number of nitrogens with zero attached hydrogens (tertiary/aromatic N) is 1. The van der Waals surface area contributed by atoms with Crippen molar-refractivity contribution in [2.75, 3.05) is 26.2 Å². The van der Waals surface area contributed by atoms with Gasteiger partial charge in [-0.2, -0.15) is 26.3 Å². The first kappa shape index (κ1) is 27.0. The van der Waals surface area contributed by atoms with Gasteiger partial charge in [0.1, 0.15) is 0 Å². The fourth-order valence-corrected chi connectivity index (χ4v) is 4.43. The Balaban J connectivity index is 1.72. The van der Waals surface area contributed by atoms with Crippen LogP contribution in [0.15, 0.2) is 48.5 Å². The third-order valence-corrected chi connectivity index (χ3v) is 6.35. The van der Waals surface area contributed by atoms with Crippen molar-refractivity contribution in [3.05, 3.63) is 70.8 Å². The van der Waals surface area contributed by atoms with Gasteiger partial charge in [-0.3, -0.25) is 0 Å². The Morgan fingerprint density at radius 3 is 2.03 bits per heavy atom. The minimum absolute atomic E-state index is 0.0274. The quantitative estimate of drug-likeness (QED) is 0.462. The van der Waals surface area contributed by atoms with Crippen molar-refractivity contribution < 1.29 is 41.0 Å². The zero-order valence-corrected chi connectivity index (χ0v) is 18.9. The molecule has 1 heterocycles. The predicted octanol–water partition coefficient (Wildman–Crippen LogP) is 4.80. The predicted molar refractivity (Wildman–Crippen MR) is 114 cm³/mol. The van der Waals surface area contributed by atoms with Crippen LogP contribution in [0.5, 0.6) is 0 Å². The second-order valence-corrected chi connectivity index (χ2v) is 8.87. The Hall–Kier alpha value is -2.59. The van der Waals surface area contributed by atoms with Crippen molar-refractivity contribution in [2.45, 2.75) is 50.1 Å². The summed E-state index contributed by atoms with van der Waals surface area (Å²) in [6.07, 6.45) is -8.08. The van der Waals surface area contributed by atoms with Crippen LogP contribution in [-0.2, 0) is 33.9 Å². The molecule has 1 aliphatic heterocycles. The van der Waals surface area contributed by atoms with Crippen LogP contribution >= 0.6 is 0 Å². The van der Waals surface area contributed by atoms with Crippen molar-refractivity contribution in [1.82, 2.24) is 4.90 Å². The summed E-state index contributed by atoms with van der Waals surface area (Å²) in [4.78, 5) is 12.8. The summed E-state index contributed by atoms with van der Waals surface area (Å²) < 4.78 is 84.7. The molecule has 0 unspecified atom stereocenters. The van der Waals surface area contributed by atoms with E-state index < -0.39 is 41.5 Å². The molecule has 0 aliphatic carbocycles.